The summed E-state index contributed by atoms with van der Waals surface area (Å²) < 4.78 is 0. The van der Waals surface area contributed by atoms with Crippen LogP contribution in [0.25, 0.3) is 0 Å². The molecule has 78 valence electrons. The van der Waals surface area contributed by atoms with Crippen molar-refractivity contribution in [1.29, 1.82) is 0 Å². The van der Waals surface area contributed by atoms with Gasteiger partial charge in [-0.1, -0.05) is 12.1 Å². The van der Waals surface area contributed by atoms with E-state index in [1.165, 1.54) is 29.6 Å². The molecule has 2 nitrogen and oxygen atoms in total. The van der Waals surface area contributed by atoms with Gasteiger partial charge in [0.1, 0.15) is 0 Å². The molecule has 2 heterocycles. The first-order valence-corrected chi connectivity index (χ1v) is 6.23. The summed E-state index contributed by atoms with van der Waals surface area (Å²) in [5.74, 6) is -0.243. The van der Waals surface area contributed by atoms with Crippen LogP contribution >= 0.6 is 22.7 Å². The number of ketones is 1. The van der Waals surface area contributed by atoms with Crippen LogP contribution in [-0.2, 0) is 10.4 Å². The Hall–Kier alpha value is -0.970. The molecule has 1 N–H and O–H groups in total. The number of carbonyl (C=O) groups excluding carboxylic acids is 1. The van der Waals surface area contributed by atoms with Gasteiger partial charge in [0, 0.05) is 9.75 Å². The largest absolute Gasteiger partial charge is 0.372 e. The van der Waals surface area contributed by atoms with Crippen molar-refractivity contribution in [2.75, 3.05) is 0 Å². The molecular formula is C11H10O2S2. The van der Waals surface area contributed by atoms with Crippen LogP contribution in [0.1, 0.15) is 16.7 Å². The summed E-state index contributed by atoms with van der Waals surface area (Å²) in [4.78, 5) is 13.0. The lowest BCUT2D eigenvalue weighted by molar-refractivity contribution is -0.131. The van der Waals surface area contributed by atoms with Crippen LogP contribution in [0, 0.1) is 0 Å². The van der Waals surface area contributed by atoms with E-state index < -0.39 is 5.60 Å². The van der Waals surface area contributed by atoms with E-state index in [-0.39, 0.29) is 5.78 Å². The summed E-state index contributed by atoms with van der Waals surface area (Å²) in [6.45, 7) is 1.42. The highest BCUT2D eigenvalue weighted by molar-refractivity contribution is 7.12. The number of Topliss-reactive ketones (excluding diaryl/α,β-unsaturated/α-hetero) is 1. The van der Waals surface area contributed by atoms with Crippen LogP contribution in [0.5, 0.6) is 0 Å². The van der Waals surface area contributed by atoms with Crippen molar-refractivity contribution in [3.8, 4) is 0 Å². The van der Waals surface area contributed by atoms with Gasteiger partial charge in [0.2, 0.25) is 0 Å². The third-order valence-electron chi connectivity index (χ3n) is 2.27. The number of hydrogen-bond donors (Lipinski definition) is 1. The molecule has 0 aromatic carbocycles. The lowest BCUT2D eigenvalue weighted by Gasteiger charge is -2.22. The van der Waals surface area contributed by atoms with E-state index in [0.717, 1.165) is 0 Å². The van der Waals surface area contributed by atoms with E-state index in [1.54, 1.807) is 12.1 Å². The van der Waals surface area contributed by atoms with Gasteiger partial charge in [0.25, 0.3) is 0 Å². The lowest BCUT2D eigenvalue weighted by Crippen LogP contribution is -2.33. The van der Waals surface area contributed by atoms with Gasteiger partial charge >= 0.3 is 0 Å². The number of aliphatic hydroxyl groups is 1. The van der Waals surface area contributed by atoms with Gasteiger partial charge in [-0.15, -0.1) is 22.7 Å². The highest BCUT2D eigenvalue weighted by Crippen LogP contribution is 2.36. The molecule has 0 fully saturated rings. The molecule has 15 heavy (non-hydrogen) atoms. The summed E-state index contributed by atoms with van der Waals surface area (Å²) in [7, 11) is 0. The second kappa shape index (κ2) is 3.89. The first kappa shape index (κ1) is 10.5. The Kier molecular flexibility index (Phi) is 2.73. The van der Waals surface area contributed by atoms with Gasteiger partial charge in [0.15, 0.2) is 11.4 Å². The van der Waals surface area contributed by atoms with Gasteiger partial charge in [-0.2, -0.15) is 0 Å². The Labute approximate surface area is 95.8 Å². The molecule has 4 heteroatoms. The highest BCUT2D eigenvalue weighted by atomic mass is 32.1. The molecule has 0 aliphatic carbocycles. The summed E-state index contributed by atoms with van der Waals surface area (Å²) >= 11 is 2.78. The normalized spacial score (nSPS) is 11.6. The molecule has 0 bridgehead atoms. The van der Waals surface area contributed by atoms with E-state index in [4.69, 9.17) is 0 Å². The first-order chi connectivity index (χ1) is 7.15. The van der Waals surface area contributed by atoms with Gasteiger partial charge < -0.3 is 5.11 Å². The third-order valence-corrected chi connectivity index (χ3v) is 4.22. The molecule has 0 aliphatic rings. The van der Waals surface area contributed by atoms with Crippen LogP contribution in [0.4, 0.5) is 0 Å². The standard InChI is InChI=1S/C11H10O2S2/c1-8(12)11(13,9-4-2-6-14-9)10-5-3-7-15-10/h2-7,13H,1H3. The van der Waals surface area contributed by atoms with Crippen molar-refractivity contribution in [3.05, 3.63) is 44.8 Å². The average Bonchev–Trinajstić information content (AvgIpc) is 2.89. The van der Waals surface area contributed by atoms with Crippen molar-refractivity contribution in [1.82, 2.24) is 0 Å². The molecule has 0 saturated carbocycles. The summed E-state index contributed by atoms with van der Waals surface area (Å²) in [5, 5.41) is 14.2. The van der Waals surface area contributed by atoms with E-state index in [0.29, 0.717) is 9.75 Å². The van der Waals surface area contributed by atoms with E-state index in [9.17, 15) is 9.90 Å². The zero-order valence-electron chi connectivity index (χ0n) is 8.14. The highest BCUT2D eigenvalue weighted by Gasteiger charge is 2.38. The third kappa shape index (κ3) is 1.65. The topological polar surface area (TPSA) is 37.3 Å². The molecular weight excluding hydrogens is 228 g/mol. The van der Waals surface area contributed by atoms with Crippen molar-refractivity contribution in [2.45, 2.75) is 12.5 Å². The number of hydrogen-bond acceptors (Lipinski definition) is 4. The second-order valence-electron chi connectivity index (χ2n) is 3.22. The summed E-state index contributed by atoms with van der Waals surface area (Å²) in [6.07, 6.45) is 0. The van der Waals surface area contributed by atoms with Crippen LogP contribution < -0.4 is 0 Å². The first-order valence-electron chi connectivity index (χ1n) is 4.47. The molecule has 0 spiro atoms. The zero-order chi connectivity index (χ0) is 10.9. The Bertz CT molecular complexity index is 409. The fraction of sp³-hybridized carbons (Fsp3) is 0.182. The molecule has 2 aromatic rings. The fourth-order valence-corrected chi connectivity index (χ4v) is 3.27. The van der Waals surface area contributed by atoms with E-state index in [2.05, 4.69) is 0 Å². The predicted octanol–water partition coefficient (Wildman–Crippen LogP) is 2.63. The van der Waals surface area contributed by atoms with Crippen LogP contribution in [0.3, 0.4) is 0 Å². The molecule has 0 radical (unpaired) electrons. The maximum Gasteiger partial charge on any atom is 0.191 e. The summed E-state index contributed by atoms with van der Waals surface area (Å²) in [6, 6.07) is 7.24. The number of carbonyl (C=O) groups is 1. The average molecular weight is 238 g/mol. The number of thiophene rings is 2. The number of rotatable bonds is 3. The Morgan fingerprint density at radius 2 is 1.67 bits per heavy atom. The Balaban J connectivity index is 2.56. The SMILES string of the molecule is CC(=O)C(O)(c1cccs1)c1cccs1. The lowest BCUT2D eigenvalue weighted by atomic mass is 9.95. The maximum absolute atomic E-state index is 11.6. The maximum atomic E-state index is 11.6. The molecule has 0 amide bonds. The van der Waals surface area contributed by atoms with Crippen LogP contribution in [0.2, 0.25) is 0 Å². The molecule has 0 aliphatic heterocycles. The van der Waals surface area contributed by atoms with Gasteiger partial charge in [-0.25, -0.2) is 0 Å². The smallest absolute Gasteiger partial charge is 0.191 e. The molecule has 0 atom stereocenters. The van der Waals surface area contributed by atoms with Crippen LogP contribution in [0.15, 0.2) is 35.0 Å². The van der Waals surface area contributed by atoms with Gasteiger partial charge in [-0.05, 0) is 29.8 Å². The molecule has 2 aromatic heterocycles. The zero-order valence-corrected chi connectivity index (χ0v) is 9.77. The molecule has 0 unspecified atom stereocenters. The van der Waals surface area contributed by atoms with Crippen molar-refractivity contribution >= 4 is 28.5 Å². The van der Waals surface area contributed by atoms with E-state index >= 15 is 0 Å². The minimum Gasteiger partial charge on any atom is -0.372 e. The van der Waals surface area contributed by atoms with Crippen molar-refractivity contribution in [3.63, 3.8) is 0 Å². The Morgan fingerprint density at radius 3 is 1.93 bits per heavy atom. The monoisotopic (exact) mass is 238 g/mol. The quantitative estimate of drug-likeness (QED) is 0.892. The second-order valence-corrected chi connectivity index (χ2v) is 5.12. The molecule has 0 saturated heterocycles. The predicted molar refractivity (Wildman–Crippen MR) is 62.3 cm³/mol. The van der Waals surface area contributed by atoms with Gasteiger partial charge in [0.05, 0.1) is 0 Å². The fourth-order valence-electron chi connectivity index (χ4n) is 1.44. The molecule has 2 rings (SSSR count). The minimum atomic E-state index is -1.46. The van der Waals surface area contributed by atoms with Crippen molar-refractivity contribution in [2.24, 2.45) is 0 Å². The van der Waals surface area contributed by atoms with Gasteiger partial charge in [-0.3, -0.25) is 4.79 Å². The van der Waals surface area contributed by atoms with Crippen LogP contribution in [-0.4, -0.2) is 10.9 Å². The van der Waals surface area contributed by atoms with E-state index in [1.807, 2.05) is 22.9 Å². The summed E-state index contributed by atoms with van der Waals surface area (Å²) in [5.41, 5.74) is -1.46. The Morgan fingerprint density at radius 1 is 1.20 bits per heavy atom. The minimum absolute atomic E-state index is 0.243. The van der Waals surface area contributed by atoms with Crippen molar-refractivity contribution < 1.29 is 9.90 Å².